The van der Waals surface area contributed by atoms with Crippen molar-refractivity contribution in [3.63, 3.8) is 0 Å². The molecule has 0 spiro atoms. The average Bonchev–Trinajstić information content (AvgIpc) is 2.93. The molecule has 7 nitrogen and oxygen atoms in total. The Hall–Kier alpha value is -1.99. The number of nitrogens with zero attached hydrogens (tertiary/aromatic N) is 1. The van der Waals surface area contributed by atoms with Crippen molar-refractivity contribution in [3.8, 4) is 0 Å². The molecule has 3 N–H and O–H groups in total. The van der Waals surface area contributed by atoms with Gasteiger partial charge < -0.3 is 20.9 Å². The Labute approximate surface area is 148 Å². The van der Waals surface area contributed by atoms with E-state index in [4.69, 9.17) is 23.2 Å². The number of fused-ring (bicyclic) bond motifs is 1. The van der Waals surface area contributed by atoms with Gasteiger partial charge in [0, 0.05) is 6.54 Å². The van der Waals surface area contributed by atoms with Crippen LogP contribution in [0, 0.1) is 0 Å². The average molecular weight is 371 g/mol. The van der Waals surface area contributed by atoms with Gasteiger partial charge in [0.2, 0.25) is 11.8 Å². The van der Waals surface area contributed by atoms with Crippen LogP contribution in [0.4, 0.5) is 10.5 Å². The number of piperazine rings is 1. The van der Waals surface area contributed by atoms with Crippen LogP contribution < -0.4 is 16.0 Å². The molecule has 2 saturated heterocycles. The molecule has 9 heteroatoms. The van der Waals surface area contributed by atoms with Crippen molar-refractivity contribution in [3.05, 3.63) is 28.2 Å². The molecule has 0 bridgehead atoms. The number of anilines is 1. The van der Waals surface area contributed by atoms with Gasteiger partial charge in [-0.2, -0.15) is 0 Å². The van der Waals surface area contributed by atoms with Gasteiger partial charge in [-0.3, -0.25) is 9.59 Å². The van der Waals surface area contributed by atoms with Crippen LogP contribution in [0.25, 0.3) is 0 Å². The fourth-order valence-electron chi connectivity index (χ4n) is 3.00. The van der Waals surface area contributed by atoms with E-state index in [0.29, 0.717) is 28.7 Å². The summed E-state index contributed by atoms with van der Waals surface area (Å²) in [4.78, 5) is 37.8. The van der Waals surface area contributed by atoms with Gasteiger partial charge in [0.15, 0.2) is 0 Å². The normalized spacial score (nSPS) is 26.0. The molecule has 3 atom stereocenters. The van der Waals surface area contributed by atoms with Gasteiger partial charge >= 0.3 is 6.03 Å². The molecule has 0 aliphatic carbocycles. The summed E-state index contributed by atoms with van der Waals surface area (Å²) in [5.41, 5.74) is 0.316. The van der Waals surface area contributed by atoms with Crippen molar-refractivity contribution in [2.45, 2.75) is 31.5 Å². The number of halogens is 2. The lowest BCUT2D eigenvalue weighted by atomic mass is 10.1. The molecule has 1 aromatic carbocycles. The van der Waals surface area contributed by atoms with Gasteiger partial charge in [0.1, 0.15) is 12.1 Å². The van der Waals surface area contributed by atoms with Gasteiger partial charge in [-0.25, -0.2) is 4.79 Å². The molecule has 4 amide bonds. The van der Waals surface area contributed by atoms with E-state index in [1.54, 1.807) is 25.1 Å². The molecule has 24 heavy (non-hydrogen) atoms. The van der Waals surface area contributed by atoms with Crippen LogP contribution in [-0.2, 0) is 9.59 Å². The summed E-state index contributed by atoms with van der Waals surface area (Å²) < 4.78 is 0. The number of rotatable bonds is 2. The van der Waals surface area contributed by atoms with E-state index in [9.17, 15) is 14.4 Å². The second-order valence-corrected chi connectivity index (χ2v) is 6.68. The SMILES string of the molecule is C[C@@H]1NC(=O)[C@@H]2C[C@H](NC(=O)Nc3c(Cl)cccc3Cl)CN2C1=O. The number of hydrogen-bond acceptors (Lipinski definition) is 3. The third-order valence-electron chi connectivity index (χ3n) is 4.15. The molecule has 1 aromatic rings. The second kappa shape index (κ2) is 6.49. The summed E-state index contributed by atoms with van der Waals surface area (Å²) in [5, 5.41) is 8.64. The van der Waals surface area contributed by atoms with Crippen LogP contribution in [0.3, 0.4) is 0 Å². The highest BCUT2D eigenvalue weighted by atomic mass is 35.5. The van der Waals surface area contributed by atoms with Gasteiger partial charge in [-0.05, 0) is 25.5 Å². The van der Waals surface area contributed by atoms with E-state index >= 15 is 0 Å². The van der Waals surface area contributed by atoms with Crippen molar-refractivity contribution in [2.75, 3.05) is 11.9 Å². The minimum Gasteiger partial charge on any atom is -0.343 e. The molecule has 128 valence electrons. The lowest BCUT2D eigenvalue weighted by Gasteiger charge is -2.32. The van der Waals surface area contributed by atoms with Crippen LogP contribution in [-0.4, -0.2) is 47.4 Å². The van der Waals surface area contributed by atoms with Gasteiger partial charge in [-0.15, -0.1) is 0 Å². The van der Waals surface area contributed by atoms with Gasteiger partial charge in [0.25, 0.3) is 0 Å². The fraction of sp³-hybridized carbons (Fsp3) is 0.400. The third-order valence-corrected chi connectivity index (χ3v) is 4.78. The first-order chi connectivity index (χ1) is 11.4. The van der Waals surface area contributed by atoms with Crippen LogP contribution in [0.1, 0.15) is 13.3 Å². The Morgan fingerprint density at radius 3 is 2.62 bits per heavy atom. The summed E-state index contributed by atoms with van der Waals surface area (Å²) in [5.74, 6) is -0.334. The molecule has 2 aliphatic rings. The minimum atomic E-state index is -0.539. The van der Waals surface area contributed by atoms with Crippen molar-refractivity contribution in [1.29, 1.82) is 0 Å². The van der Waals surface area contributed by atoms with Gasteiger partial charge in [0.05, 0.1) is 21.8 Å². The highest BCUT2D eigenvalue weighted by Crippen LogP contribution is 2.30. The molecule has 0 saturated carbocycles. The smallest absolute Gasteiger partial charge is 0.319 e. The second-order valence-electron chi connectivity index (χ2n) is 5.86. The standard InChI is InChI=1S/C15H16Cl2N4O3/c1-7-14(23)21-6-8(5-11(21)13(22)18-7)19-15(24)20-12-9(16)3-2-4-10(12)17/h2-4,7-8,11H,5-6H2,1H3,(H,18,22)(H2,19,20,24)/t7-,8-,11-/m0/s1. The highest BCUT2D eigenvalue weighted by molar-refractivity contribution is 6.39. The van der Waals surface area contributed by atoms with Crippen LogP contribution in [0.5, 0.6) is 0 Å². The summed E-state index contributed by atoms with van der Waals surface area (Å²) in [6.45, 7) is 1.94. The predicted octanol–water partition coefficient (Wildman–Crippen LogP) is 1.60. The number of carbonyl (C=O) groups excluding carboxylic acids is 3. The predicted molar refractivity (Wildman–Crippen MR) is 90.1 cm³/mol. The molecule has 2 heterocycles. The van der Waals surface area contributed by atoms with Crippen LogP contribution in [0.15, 0.2) is 18.2 Å². The van der Waals surface area contributed by atoms with E-state index in [1.807, 2.05) is 0 Å². The highest BCUT2D eigenvalue weighted by Gasteiger charge is 2.45. The molecule has 0 unspecified atom stereocenters. The van der Waals surface area contributed by atoms with Gasteiger partial charge in [-0.1, -0.05) is 29.3 Å². The zero-order valence-corrected chi connectivity index (χ0v) is 14.3. The number of para-hydroxylation sites is 1. The van der Waals surface area contributed by atoms with Crippen molar-refractivity contribution < 1.29 is 14.4 Å². The molecule has 0 radical (unpaired) electrons. The van der Waals surface area contributed by atoms with Crippen molar-refractivity contribution in [1.82, 2.24) is 15.5 Å². The first-order valence-electron chi connectivity index (χ1n) is 7.49. The maximum absolute atomic E-state index is 12.2. The Bertz CT molecular complexity index is 692. The molecule has 0 aromatic heterocycles. The number of urea groups is 1. The molecule has 2 aliphatic heterocycles. The topological polar surface area (TPSA) is 90.5 Å². The molecule has 3 rings (SSSR count). The first kappa shape index (κ1) is 16.9. The van der Waals surface area contributed by atoms with E-state index in [0.717, 1.165) is 0 Å². The van der Waals surface area contributed by atoms with E-state index in [2.05, 4.69) is 16.0 Å². The number of nitrogens with one attached hydrogen (secondary N) is 3. The quantitative estimate of drug-likeness (QED) is 0.738. The molecular weight excluding hydrogens is 355 g/mol. The van der Waals surface area contributed by atoms with E-state index in [1.165, 1.54) is 4.90 Å². The number of amides is 4. The molecule has 2 fully saturated rings. The summed E-state index contributed by atoms with van der Waals surface area (Å²) in [7, 11) is 0. The Balaban J connectivity index is 1.64. The Morgan fingerprint density at radius 2 is 1.96 bits per heavy atom. The maximum Gasteiger partial charge on any atom is 0.319 e. The van der Waals surface area contributed by atoms with Crippen molar-refractivity contribution >= 4 is 46.7 Å². The van der Waals surface area contributed by atoms with Crippen LogP contribution >= 0.6 is 23.2 Å². The zero-order chi connectivity index (χ0) is 17.4. The number of carbonyl (C=O) groups is 3. The largest absolute Gasteiger partial charge is 0.343 e. The lowest BCUT2D eigenvalue weighted by molar-refractivity contribution is -0.146. The summed E-state index contributed by atoms with van der Waals surface area (Å²) in [6, 6.07) is 3.01. The van der Waals surface area contributed by atoms with Crippen molar-refractivity contribution in [2.24, 2.45) is 0 Å². The number of benzene rings is 1. The summed E-state index contributed by atoms with van der Waals surface area (Å²) >= 11 is 12.0. The monoisotopic (exact) mass is 370 g/mol. The lowest BCUT2D eigenvalue weighted by Crippen LogP contribution is -2.60. The summed E-state index contributed by atoms with van der Waals surface area (Å²) in [6.07, 6.45) is 0.369. The minimum absolute atomic E-state index is 0.140. The Kier molecular flexibility index (Phi) is 4.56. The van der Waals surface area contributed by atoms with Crippen LogP contribution in [0.2, 0.25) is 10.0 Å². The Morgan fingerprint density at radius 1 is 1.29 bits per heavy atom. The fourth-order valence-corrected chi connectivity index (χ4v) is 3.50. The maximum atomic E-state index is 12.2. The number of hydrogen-bond donors (Lipinski definition) is 3. The van der Waals surface area contributed by atoms with E-state index in [-0.39, 0.29) is 17.9 Å². The third kappa shape index (κ3) is 3.14. The zero-order valence-electron chi connectivity index (χ0n) is 12.8. The van der Waals surface area contributed by atoms with E-state index < -0.39 is 18.1 Å². The molecular formula is C15H16Cl2N4O3. The first-order valence-corrected chi connectivity index (χ1v) is 8.25.